The lowest BCUT2D eigenvalue weighted by Crippen LogP contribution is -2.36. The maximum absolute atomic E-state index is 12.4. The fraction of sp³-hybridized carbons (Fsp3) is 0.438. The number of H-pyrrole nitrogens is 1. The van der Waals surface area contributed by atoms with Crippen LogP contribution < -0.4 is 10.6 Å². The van der Waals surface area contributed by atoms with Crippen LogP contribution in [0.4, 0.5) is 0 Å². The first-order chi connectivity index (χ1) is 9.58. The molecular weight excluding hydrogens is 250 g/mol. The summed E-state index contributed by atoms with van der Waals surface area (Å²) in [4.78, 5) is 15.8. The van der Waals surface area contributed by atoms with Gasteiger partial charge in [0.05, 0.1) is 0 Å². The minimum Gasteiger partial charge on any atom is -0.350 e. The minimum atomic E-state index is 0.00574. The molecule has 106 valence electrons. The van der Waals surface area contributed by atoms with Crippen molar-refractivity contribution in [3.8, 4) is 0 Å². The van der Waals surface area contributed by atoms with E-state index in [0.717, 1.165) is 30.6 Å². The van der Waals surface area contributed by atoms with Crippen LogP contribution in [0.15, 0.2) is 12.1 Å². The van der Waals surface area contributed by atoms with Gasteiger partial charge in [-0.1, -0.05) is 12.1 Å². The summed E-state index contributed by atoms with van der Waals surface area (Å²) in [7, 11) is 0. The number of hydrogen-bond donors (Lipinski definition) is 3. The third-order valence-corrected chi connectivity index (χ3v) is 4.24. The Bertz CT molecular complexity index is 666. The maximum Gasteiger partial charge on any atom is 0.268 e. The summed E-state index contributed by atoms with van der Waals surface area (Å²) >= 11 is 0. The van der Waals surface area contributed by atoms with Gasteiger partial charge in [-0.15, -0.1) is 0 Å². The highest BCUT2D eigenvalue weighted by atomic mass is 16.2. The Morgan fingerprint density at radius 2 is 2.00 bits per heavy atom. The Kier molecular flexibility index (Phi) is 3.26. The van der Waals surface area contributed by atoms with E-state index in [1.165, 1.54) is 16.5 Å². The predicted octanol–water partition coefficient (Wildman–Crippen LogP) is 2.18. The topological polar surface area (TPSA) is 56.9 Å². The number of aromatic nitrogens is 1. The average molecular weight is 271 g/mol. The van der Waals surface area contributed by atoms with Crippen molar-refractivity contribution >= 4 is 16.8 Å². The van der Waals surface area contributed by atoms with Crippen LogP contribution in [-0.4, -0.2) is 30.0 Å². The molecule has 1 saturated heterocycles. The van der Waals surface area contributed by atoms with Gasteiger partial charge in [0.1, 0.15) is 5.69 Å². The molecule has 0 aliphatic carbocycles. The summed E-state index contributed by atoms with van der Waals surface area (Å²) in [5.74, 6) is 0.00574. The lowest BCUT2D eigenvalue weighted by molar-refractivity contribution is 0.0935. The third-order valence-electron chi connectivity index (χ3n) is 4.24. The molecule has 0 unspecified atom stereocenters. The number of fused-ring (bicyclic) bond motifs is 1. The van der Waals surface area contributed by atoms with Crippen molar-refractivity contribution in [2.75, 3.05) is 13.1 Å². The molecule has 1 amide bonds. The first-order valence-corrected chi connectivity index (χ1v) is 7.18. The van der Waals surface area contributed by atoms with Gasteiger partial charge in [0, 0.05) is 23.5 Å². The molecule has 3 rings (SSSR count). The molecule has 2 heterocycles. The highest BCUT2D eigenvalue weighted by Crippen LogP contribution is 2.27. The van der Waals surface area contributed by atoms with Crippen LogP contribution in [0.3, 0.4) is 0 Å². The van der Waals surface area contributed by atoms with E-state index < -0.39 is 0 Å². The van der Waals surface area contributed by atoms with E-state index in [9.17, 15) is 4.79 Å². The second-order valence-electron chi connectivity index (χ2n) is 5.74. The smallest absolute Gasteiger partial charge is 0.268 e. The van der Waals surface area contributed by atoms with Crippen molar-refractivity contribution in [1.82, 2.24) is 15.6 Å². The van der Waals surface area contributed by atoms with Gasteiger partial charge in [0.15, 0.2) is 0 Å². The molecule has 0 spiro atoms. The zero-order chi connectivity index (χ0) is 14.3. The van der Waals surface area contributed by atoms with Gasteiger partial charge >= 0.3 is 0 Å². The van der Waals surface area contributed by atoms with Gasteiger partial charge in [-0.2, -0.15) is 0 Å². The molecule has 2 aromatic rings. The van der Waals surface area contributed by atoms with Crippen LogP contribution in [0.25, 0.3) is 10.9 Å². The quantitative estimate of drug-likeness (QED) is 0.784. The summed E-state index contributed by atoms with van der Waals surface area (Å²) in [5, 5.41) is 7.55. The van der Waals surface area contributed by atoms with Crippen LogP contribution in [0, 0.1) is 20.8 Å². The molecule has 1 aromatic heterocycles. The van der Waals surface area contributed by atoms with Gasteiger partial charge < -0.3 is 15.6 Å². The van der Waals surface area contributed by atoms with Gasteiger partial charge in [-0.05, 0) is 50.4 Å². The fourth-order valence-corrected chi connectivity index (χ4v) is 3.06. The van der Waals surface area contributed by atoms with Gasteiger partial charge in [-0.3, -0.25) is 4.79 Å². The molecule has 0 radical (unpaired) electrons. The van der Waals surface area contributed by atoms with Crippen LogP contribution in [0.5, 0.6) is 0 Å². The number of aromatic amines is 1. The van der Waals surface area contributed by atoms with Crippen LogP contribution in [0.2, 0.25) is 0 Å². The molecule has 3 N–H and O–H groups in total. The number of hydrogen-bond acceptors (Lipinski definition) is 2. The molecule has 0 saturated carbocycles. The van der Waals surface area contributed by atoms with Crippen molar-refractivity contribution in [2.24, 2.45) is 0 Å². The average Bonchev–Trinajstić information content (AvgIpc) is 3.02. The number of carbonyl (C=O) groups is 1. The first-order valence-electron chi connectivity index (χ1n) is 7.18. The monoisotopic (exact) mass is 271 g/mol. The Morgan fingerprint density at radius 1 is 1.25 bits per heavy atom. The maximum atomic E-state index is 12.4. The van der Waals surface area contributed by atoms with E-state index in [-0.39, 0.29) is 11.9 Å². The van der Waals surface area contributed by atoms with Crippen molar-refractivity contribution in [2.45, 2.75) is 33.2 Å². The van der Waals surface area contributed by atoms with E-state index in [1.54, 1.807) is 0 Å². The number of carbonyl (C=O) groups excluding carboxylic acids is 1. The number of nitrogens with one attached hydrogen (secondary N) is 3. The summed E-state index contributed by atoms with van der Waals surface area (Å²) in [6.45, 7) is 8.02. The zero-order valence-electron chi connectivity index (χ0n) is 12.3. The van der Waals surface area contributed by atoms with Crippen LogP contribution >= 0.6 is 0 Å². The highest BCUT2D eigenvalue weighted by Gasteiger charge is 2.21. The Labute approximate surface area is 118 Å². The summed E-state index contributed by atoms with van der Waals surface area (Å²) in [6.07, 6.45) is 1.00. The molecule has 1 aliphatic heterocycles. The molecule has 4 nitrogen and oxygen atoms in total. The number of rotatable bonds is 2. The molecule has 20 heavy (non-hydrogen) atoms. The zero-order valence-corrected chi connectivity index (χ0v) is 12.3. The van der Waals surface area contributed by atoms with Crippen molar-refractivity contribution in [1.29, 1.82) is 0 Å². The summed E-state index contributed by atoms with van der Waals surface area (Å²) in [5.41, 5.74) is 5.21. The largest absolute Gasteiger partial charge is 0.350 e. The molecule has 1 atom stereocenters. The van der Waals surface area contributed by atoms with E-state index in [4.69, 9.17) is 0 Å². The first kappa shape index (κ1) is 13.2. The number of aryl methyl sites for hydroxylation is 3. The summed E-state index contributed by atoms with van der Waals surface area (Å²) in [6, 6.07) is 4.45. The van der Waals surface area contributed by atoms with Gasteiger partial charge in [-0.25, -0.2) is 0 Å². The number of amides is 1. The normalized spacial score (nSPS) is 18.6. The van der Waals surface area contributed by atoms with Crippen molar-refractivity contribution < 1.29 is 4.79 Å². The molecule has 0 bridgehead atoms. The minimum absolute atomic E-state index is 0.00574. The van der Waals surface area contributed by atoms with E-state index in [1.807, 2.05) is 6.92 Å². The SMILES string of the molecule is Cc1ccc(C)c2c(C)c(C(=O)N[C@@H]3CCNC3)[nH]c12. The van der Waals surface area contributed by atoms with Crippen molar-refractivity contribution in [3.05, 3.63) is 34.5 Å². The third kappa shape index (κ3) is 2.10. The molecule has 1 aliphatic rings. The van der Waals surface area contributed by atoms with E-state index in [0.29, 0.717) is 5.69 Å². The second kappa shape index (κ2) is 4.94. The Balaban J connectivity index is 1.99. The molecule has 4 heteroatoms. The second-order valence-corrected chi connectivity index (χ2v) is 5.74. The van der Waals surface area contributed by atoms with Gasteiger partial charge in [0.2, 0.25) is 0 Å². The number of benzene rings is 1. The predicted molar refractivity (Wildman–Crippen MR) is 81.3 cm³/mol. The Morgan fingerprint density at radius 3 is 2.65 bits per heavy atom. The van der Waals surface area contributed by atoms with Gasteiger partial charge in [0.25, 0.3) is 5.91 Å². The fourth-order valence-electron chi connectivity index (χ4n) is 3.06. The molecular formula is C16H21N3O. The van der Waals surface area contributed by atoms with E-state index >= 15 is 0 Å². The standard InChI is InChI=1S/C16H21N3O/c1-9-4-5-10(2)14-13(9)11(3)15(19-14)16(20)18-12-6-7-17-8-12/h4-5,12,17,19H,6-8H2,1-3H3,(H,18,20)/t12-/m1/s1. The van der Waals surface area contributed by atoms with Crippen LogP contribution in [0.1, 0.15) is 33.6 Å². The highest BCUT2D eigenvalue weighted by molar-refractivity contribution is 6.02. The van der Waals surface area contributed by atoms with E-state index in [2.05, 4.69) is 41.6 Å². The summed E-state index contributed by atoms with van der Waals surface area (Å²) < 4.78 is 0. The Hall–Kier alpha value is -1.81. The lowest BCUT2D eigenvalue weighted by Gasteiger charge is -2.10. The van der Waals surface area contributed by atoms with Crippen LogP contribution in [-0.2, 0) is 0 Å². The van der Waals surface area contributed by atoms with Crippen molar-refractivity contribution in [3.63, 3.8) is 0 Å². The molecule has 1 aromatic carbocycles. The molecule has 1 fully saturated rings. The lowest BCUT2D eigenvalue weighted by atomic mass is 10.0.